The standard InChI is InChI=1S/C31H54O2/c1-8-32-23(5)33-25-16-18-30(6)24(20-25)12-13-26-28-15-14-27(22(4)11-9-10-21(2)3)31(28,7)19-17-29(26)30/h12,21-23,25-29H,8-11,13-20H2,1-7H3/t22-,23?,25+,26+,27-,28+,29+,30+,31-/m1/s1. The fourth-order valence-electron chi connectivity index (χ4n) is 9.31. The average Bonchev–Trinajstić information content (AvgIpc) is 3.11. The Morgan fingerprint density at radius 2 is 1.76 bits per heavy atom. The Labute approximate surface area is 205 Å². The van der Waals surface area contributed by atoms with Crippen LogP contribution in [0.1, 0.15) is 119 Å². The molecule has 0 N–H and O–H groups in total. The molecule has 0 aliphatic heterocycles. The molecule has 1 unspecified atom stereocenters. The Balaban J connectivity index is 1.43. The second-order valence-corrected chi connectivity index (χ2v) is 13.3. The first-order valence-electron chi connectivity index (χ1n) is 14.7. The summed E-state index contributed by atoms with van der Waals surface area (Å²) in [5.74, 6) is 5.49. The van der Waals surface area contributed by atoms with Crippen molar-refractivity contribution in [1.29, 1.82) is 0 Å². The van der Waals surface area contributed by atoms with Crippen molar-refractivity contribution >= 4 is 0 Å². The van der Waals surface area contributed by atoms with Gasteiger partial charge >= 0.3 is 0 Å². The second-order valence-electron chi connectivity index (χ2n) is 13.3. The Hall–Kier alpha value is -0.340. The van der Waals surface area contributed by atoms with E-state index in [1.807, 2.05) is 0 Å². The Morgan fingerprint density at radius 1 is 0.970 bits per heavy atom. The summed E-state index contributed by atoms with van der Waals surface area (Å²) < 4.78 is 11.9. The van der Waals surface area contributed by atoms with Crippen molar-refractivity contribution in [2.45, 2.75) is 131 Å². The molecule has 4 aliphatic rings. The topological polar surface area (TPSA) is 18.5 Å². The van der Waals surface area contributed by atoms with E-state index in [1.165, 1.54) is 64.2 Å². The van der Waals surface area contributed by atoms with E-state index in [2.05, 4.69) is 54.5 Å². The molecule has 0 amide bonds. The van der Waals surface area contributed by atoms with Gasteiger partial charge in [0.15, 0.2) is 6.29 Å². The van der Waals surface area contributed by atoms with Gasteiger partial charge in [-0.1, -0.05) is 65.5 Å². The first kappa shape index (κ1) is 25.7. The first-order chi connectivity index (χ1) is 15.7. The van der Waals surface area contributed by atoms with Crippen molar-refractivity contribution in [2.24, 2.45) is 46.3 Å². The van der Waals surface area contributed by atoms with E-state index in [1.54, 1.807) is 5.57 Å². The fraction of sp³-hybridized carbons (Fsp3) is 0.935. The highest BCUT2D eigenvalue weighted by molar-refractivity contribution is 5.25. The number of hydrogen-bond acceptors (Lipinski definition) is 2. The van der Waals surface area contributed by atoms with E-state index in [0.717, 1.165) is 48.5 Å². The van der Waals surface area contributed by atoms with Crippen LogP contribution in [0.5, 0.6) is 0 Å². The lowest BCUT2D eigenvalue weighted by molar-refractivity contribution is -0.167. The zero-order valence-electron chi connectivity index (χ0n) is 23.0. The van der Waals surface area contributed by atoms with Crippen molar-refractivity contribution in [3.63, 3.8) is 0 Å². The van der Waals surface area contributed by atoms with Gasteiger partial charge in [0.2, 0.25) is 0 Å². The highest BCUT2D eigenvalue weighted by atomic mass is 16.7. The van der Waals surface area contributed by atoms with Gasteiger partial charge in [-0.3, -0.25) is 0 Å². The highest BCUT2D eigenvalue weighted by Gasteiger charge is 2.59. The van der Waals surface area contributed by atoms with Gasteiger partial charge in [-0.05, 0) is 112 Å². The molecule has 0 radical (unpaired) electrons. The van der Waals surface area contributed by atoms with Crippen molar-refractivity contribution in [3.05, 3.63) is 11.6 Å². The molecule has 0 aromatic rings. The summed E-state index contributed by atoms with van der Waals surface area (Å²) in [6.45, 7) is 17.5. The predicted molar refractivity (Wildman–Crippen MR) is 139 cm³/mol. The van der Waals surface area contributed by atoms with Crippen LogP contribution < -0.4 is 0 Å². The smallest absolute Gasteiger partial charge is 0.155 e. The molecule has 9 atom stereocenters. The monoisotopic (exact) mass is 458 g/mol. The number of fused-ring (bicyclic) bond motifs is 5. The third-order valence-electron chi connectivity index (χ3n) is 11.0. The minimum Gasteiger partial charge on any atom is -0.353 e. The molecule has 3 saturated carbocycles. The summed E-state index contributed by atoms with van der Waals surface area (Å²) in [4.78, 5) is 0. The number of ether oxygens (including phenoxy) is 2. The molecule has 4 rings (SSSR count). The SMILES string of the molecule is CCOC(C)O[C@H]1CC[C@@]2(C)C(=CC[C@H]3[C@@H]4CC[C@H]([C@H](C)CCCC(C)C)[C@@]4(C)CC[C@@H]32)C1. The normalized spacial score (nSPS) is 42.3. The Kier molecular flexibility index (Phi) is 8.06. The quantitative estimate of drug-likeness (QED) is 0.254. The zero-order valence-corrected chi connectivity index (χ0v) is 23.0. The zero-order chi connectivity index (χ0) is 23.8. The minimum atomic E-state index is -0.0744. The molecule has 0 saturated heterocycles. The van der Waals surface area contributed by atoms with Gasteiger partial charge in [0.05, 0.1) is 6.10 Å². The van der Waals surface area contributed by atoms with Crippen molar-refractivity contribution in [2.75, 3.05) is 6.61 Å². The summed E-state index contributed by atoms with van der Waals surface area (Å²) >= 11 is 0. The maximum Gasteiger partial charge on any atom is 0.155 e. The highest BCUT2D eigenvalue weighted by Crippen LogP contribution is 2.67. The fourth-order valence-corrected chi connectivity index (χ4v) is 9.31. The van der Waals surface area contributed by atoms with Crippen LogP contribution in [0.3, 0.4) is 0 Å². The lowest BCUT2D eigenvalue weighted by Crippen LogP contribution is -2.51. The maximum atomic E-state index is 6.27. The molecular formula is C31H54O2. The number of allylic oxidation sites excluding steroid dienone is 1. The third-order valence-corrected chi connectivity index (χ3v) is 11.0. The molecule has 0 spiro atoms. The van der Waals surface area contributed by atoms with Gasteiger partial charge < -0.3 is 9.47 Å². The van der Waals surface area contributed by atoms with E-state index in [9.17, 15) is 0 Å². The molecule has 190 valence electrons. The third kappa shape index (κ3) is 5.00. The second kappa shape index (κ2) is 10.3. The van der Waals surface area contributed by atoms with Crippen LogP contribution in [0.15, 0.2) is 11.6 Å². The summed E-state index contributed by atoms with van der Waals surface area (Å²) in [5, 5.41) is 0. The van der Waals surface area contributed by atoms with Crippen LogP contribution in [-0.4, -0.2) is 19.0 Å². The van der Waals surface area contributed by atoms with Crippen LogP contribution in [0.4, 0.5) is 0 Å². The molecule has 0 heterocycles. The largest absolute Gasteiger partial charge is 0.353 e. The summed E-state index contributed by atoms with van der Waals surface area (Å²) in [5.41, 5.74) is 2.73. The van der Waals surface area contributed by atoms with Gasteiger partial charge in [0.25, 0.3) is 0 Å². The minimum absolute atomic E-state index is 0.0744. The molecule has 2 nitrogen and oxygen atoms in total. The van der Waals surface area contributed by atoms with Gasteiger partial charge in [0, 0.05) is 6.61 Å². The summed E-state index contributed by atoms with van der Waals surface area (Å²) in [6.07, 6.45) is 18.1. The van der Waals surface area contributed by atoms with Gasteiger partial charge in [-0.25, -0.2) is 0 Å². The van der Waals surface area contributed by atoms with Crippen LogP contribution in [0, 0.1) is 46.3 Å². The molecule has 33 heavy (non-hydrogen) atoms. The lowest BCUT2D eigenvalue weighted by atomic mass is 9.47. The Morgan fingerprint density at radius 3 is 2.48 bits per heavy atom. The van der Waals surface area contributed by atoms with Gasteiger partial charge in [-0.2, -0.15) is 0 Å². The van der Waals surface area contributed by atoms with Crippen molar-refractivity contribution in [1.82, 2.24) is 0 Å². The maximum absolute atomic E-state index is 6.27. The Bertz CT molecular complexity index is 682. The van der Waals surface area contributed by atoms with Crippen LogP contribution in [-0.2, 0) is 9.47 Å². The molecule has 0 aromatic heterocycles. The molecular weight excluding hydrogens is 404 g/mol. The van der Waals surface area contributed by atoms with E-state index in [0.29, 0.717) is 16.9 Å². The molecule has 4 aliphatic carbocycles. The molecule has 0 aromatic carbocycles. The van der Waals surface area contributed by atoms with Crippen LogP contribution >= 0.6 is 0 Å². The van der Waals surface area contributed by atoms with E-state index in [-0.39, 0.29) is 6.29 Å². The van der Waals surface area contributed by atoms with E-state index in [4.69, 9.17) is 9.47 Å². The summed E-state index contributed by atoms with van der Waals surface area (Å²) in [7, 11) is 0. The van der Waals surface area contributed by atoms with Crippen LogP contribution in [0.2, 0.25) is 0 Å². The molecule has 3 fully saturated rings. The number of rotatable bonds is 9. The van der Waals surface area contributed by atoms with Crippen molar-refractivity contribution in [3.8, 4) is 0 Å². The van der Waals surface area contributed by atoms with Gasteiger partial charge in [0.1, 0.15) is 0 Å². The van der Waals surface area contributed by atoms with Crippen LogP contribution in [0.25, 0.3) is 0 Å². The predicted octanol–water partition coefficient (Wildman–Crippen LogP) is 8.80. The number of hydrogen-bond donors (Lipinski definition) is 0. The van der Waals surface area contributed by atoms with Gasteiger partial charge in [-0.15, -0.1) is 0 Å². The lowest BCUT2D eigenvalue weighted by Gasteiger charge is -2.58. The van der Waals surface area contributed by atoms with E-state index >= 15 is 0 Å². The molecule has 0 bridgehead atoms. The average molecular weight is 459 g/mol. The molecule has 2 heteroatoms. The van der Waals surface area contributed by atoms with Crippen molar-refractivity contribution < 1.29 is 9.47 Å². The summed E-state index contributed by atoms with van der Waals surface area (Å²) in [6, 6.07) is 0. The first-order valence-corrected chi connectivity index (χ1v) is 14.7. The van der Waals surface area contributed by atoms with E-state index < -0.39 is 0 Å².